The van der Waals surface area contributed by atoms with Crippen LogP contribution < -0.4 is 4.74 Å². The van der Waals surface area contributed by atoms with E-state index in [1.54, 1.807) is 12.2 Å². The van der Waals surface area contributed by atoms with Crippen molar-refractivity contribution in [2.45, 2.75) is 46.0 Å². The molecule has 1 nitrogen and oxygen atoms in total. The molecular weight excluding hydrogens is 328 g/mol. The van der Waals surface area contributed by atoms with E-state index in [-0.39, 0.29) is 0 Å². The number of unbranched alkanes of at least 4 members (excludes halogenated alkanes) is 3. The number of benzene rings is 2. The number of rotatable bonds is 7. The Hall–Kier alpha value is -2.90. The molecule has 0 aromatic heterocycles. The van der Waals surface area contributed by atoms with Crippen molar-refractivity contribution in [3.63, 3.8) is 0 Å². The molecule has 1 heteroatoms. The van der Waals surface area contributed by atoms with Gasteiger partial charge in [0.25, 0.3) is 0 Å². The van der Waals surface area contributed by atoms with Crippen LogP contribution in [-0.4, -0.2) is 6.61 Å². The van der Waals surface area contributed by atoms with Crippen LogP contribution in [0.1, 0.15) is 56.2 Å². The van der Waals surface area contributed by atoms with Crippen molar-refractivity contribution in [1.82, 2.24) is 0 Å². The summed E-state index contributed by atoms with van der Waals surface area (Å²) in [7, 11) is 0. The van der Waals surface area contributed by atoms with E-state index in [1.165, 1.54) is 31.2 Å². The first kappa shape index (κ1) is 20.4. The first-order chi connectivity index (χ1) is 13.3. The maximum atomic E-state index is 5.42. The van der Waals surface area contributed by atoms with Crippen LogP contribution >= 0.6 is 0 Å². The minimum atomic E-state index is 0.675. The molecule has 0 spiro atoms. The van der Waals surface area contributed by atoms with Gasteiger partial charge in [0, 0.05) is 11.1 Å². The summed E-state index contributed by atoms with van der Waals surface area (Å²) in [4.78, 5) is 0. The fraction of sp³-hybridized carbons (Fsp3) is 0.308. The molecule has 0 aliphatic rings. The van der Waals surface area contributed by atoms with Gasteiger partial charge in [-0.25, -0.2) is 0 Å². The molecule has 0 unspecified atom stereocenters. The molecule has 0 aliphatic heterocycles. The SMILES string of the molecule is CCCCCCc1ccc(C#CC=CC#Cc2ccc(OCC)cc2)cc1. The molecule has 138 valence electrons. The van der Waals surface area contributed by atoms with Crippen molar-refractivity contribution in [3.8, 4) is 29.4 Å². The van der Waals surface area contributed by atoms with Crippen LogP contribution in [0.3, 0.4) is 0 Å². The van der Waals surface area contributed by atoms with Crippen LogP contribution in [0.2, 0.25) is 0 Å². The highest BCUT2D eigenvalue weighted by molar-refractivity contribution is 5.42. The maximum Gasteiger partial charge on any atom is 0.119 e. The lowest BCUT2D eigenvalue weighted by atomic mass is 10.0. The Balaban J connectivity index is 1.80. The van der Waals surface area contributed by atoms with Gasteiger partial charge in [0.1, 0.15) is 5.75 Å². The van der Waals surface area contributed by atoms with Crippen LogP contribution in [0.25, 0.3) is 0 Å². The Bertz CT molecular complexity index is 818. The molecule has 0 radical (unpaired) electrons. The van der Waals surface area contributed by atoms with E-state index in [2.05, 4.69) is 54.9 Å². The van der Waals surface area contributed by atoms with E-state index < -0.39 is 0 Å². The molecule has 2 aromatic rings. The van der Waals surface area contributed by atoms with Gasteiger partial charge in [-0.2, -0.15) is 0 Å². The molecule has 0 amide bonds. The Morgan fingerprint density at radius 2 is 1.33 bits per heavy atom. The molecule has 2 rings (SSSR count). The minimum absolute atomic E-state index is 0.675. The Morgan fingerprint density at radius 3 is 1.89 bits per heavy atom. The third kappa shape index (κ3) is 8.35. The monoisotopic (exact) mass is 356 g/mol. The Labute approximate surface area is 164 Å². The highest BCUT2D eigenvalue weighted by atomic mass is 16.5. The molecule has 0 N–H and O–H groups in total. The standard InChI is InChI=1S/C26H28O/c1-3-5-6-9-12-23-15-17-24(18-16-23)13-10-7-8-11-14-25-19-21-26(22-20-25)27-4-2/h7-8,15-22H,3-6,9,12H2,1-2H3. The molecule has 27 heavy (non-hydrogen) atoms. The summed E-state index contributed by atoms with van der Waals surface area (Å²) in [5.41, 5.74) is 3.40. The third-order valence-electron chi connectivity index (χ3n) is 4.12. The fourth-order valence-electron chi connectivity index (χ4n) is 2.65. The van der Waals surface area contributed by atoms with Gasteiger partial charge in [0.15, 0.2) is 0 Å². The Kier molecular flexibility index (Phi) is 9.41. The molecule has 0 heterocycles. The smallest absolute Gasteiger partial charge is 0.119 e. The Morgan fingerprint density at radius 1 is 0.741 bits per heavy atom. The van der Waals surface area contributed by atoms with Crippen molar-refractivity contribution in [2.24, 2.45) is 0 Å². The second-order valence-electron chi connectivity index (χ2n) is 6.34. The molecule has 0 atom stereocenters. The van der Waals surface area contributed by atoms with Crippen molar-refractivity contribution in [3.05, 3.63) is 77.4 Å². The molecule has 0 saturated carbocycles. The first-order valence-electron chi connectivity index (χ1n) is 9.81. The lowest BCUT2D eigenvalue weighted by Crippen LogP contribution is -1.90. The predicted molar refractivity (Wildman–Crippen MR) is 115 cm³/mol. The zero-order valence-corrected chi connectivity index (χ0v) is 16.4. The summed E-state index contributed by atoms with van der Waals surface area (Å²) >= 11 is 0. The van der Waals surface area contributed by atoms with Crippen LogP contribution in [0.15, 0.2) is 60.7 Å². The van der Waals surface area contributed by atoms with Crippen LogP contribution in [0, 0.1) is 23.7 Å². The lowest BCUT2D eigenvalue weighted by molar-refractivity contribution is 0.340. The van der Waals surface area contributed by atoms with Crippen LogP contribution in [-0.2, 0) is 6.42 Å². The van der Waals surface area contributed by atoms with Gasteiger partial charge in [0.05, 0.1) is 6.61 Å². The quantitative estimate of drug-likeness (QED) is 0.426. The van der Waals surface area contributed by atoms with Crippen molar-refractivity contribution >= 4 is 0 Å². The van der Waals surface area contributed by atoms with Crippen molar-refractivity contribution in [2.75, 3.05) is 6.61 Å². The summed E-state index contributed by atoms with van der Waals surface area (Å²) in [6.45, 7) is 4.89. The van der Waals surface area contributed by atoms with E-state index in [1.807, 2.05) is 31.2 Å². The van der Waals surface area contributed by atoms with Gasteiger partial charge < -0.3 is 4.74 Å². The molecule has 0 fully saturated rings. The van der Waals surface area contributed by atoms with Crippen LogP contribution in [0.4, 0.5) is 0 Å². The fourth-order valence-corrected chi connectivity index (χ4v) is 2.65. The van der Waals surface area contributed by atoms with Crippen molar-refractivity contribution in [1.29, 1.82) is 0 Å². The molecule has 0 aliphatic carbocycles. The average Bonchev–Trinajstić information content (AvgIpc) is 2.70. The molecule has 0 saturated heterocycles. The third-order valence-corrected chi connectivity index (χ3v) is 4.12. The van der Waals surface area contributed by atoms with Gasteiger partial charge in [-0.3, -0.25) is 0 Å². The average molecular weight is 357 g/mol. The summed E-state index contributed by atoms with van der Waals surface area (Å²) in [5.74, 6) is 13.2. The largest absolute Gasteiger partial charge is 0.494 e. The highest BCUT2D eigenvalue weighted by Crippen LogP contribution is 2.11. The maximum absolute atomic E-state index is 5.42. The van der Waals surface area contributed by atoms with Crippen molar-refractivity contribution < 1.29 is 4.74 Å². The number of hydrogen-bond acceptors (Lipinski definition) is 1. The first-order valence-corrected chi connectivity index (χ1v) is 9.81. The second kappa shape index (κ2) is 12.5. The van der Waals surface area contributed by atoms with E-state index in [9.17, 15) is 0 Å². The normalized spacial score (nSPS) is 10.0. The topological polar surface area (TPSA) is 9.23 Å². The van der Waals surface area contributed by atoms with Gasteiger partial charge in [-0.1, -0.05) is 62.0 Å². The zero-order valence-electron chi connectivity index (χ0n) is 16.4. The summed E-state index contributed by atoms with van der Waals surface area (Å²) in [6.07, 6.45) is 9.94. The highest BCUT2D eigenvalue weighted by Gasteiger charge is 1.94. The van der Waals surface area contributed by atoms with E-state index in [0.29, 0.717) is 6.61 Å². The van der Waals surface area contributed by atoms with E-state index >= 15 is 0 Å². The number of hydrogen-bond donors (Lipinski definition) is 0. The van der Waals surface area contributed by atoms with Gasteiger partial charge in [-0.15, -0.1) is 0 Å². The second-order valence-corrected chi connectivity index (χ2v) is 6.34. The summed E-state index contributed by atoms with van der Waals surface area (Å²) in [6, 6.07) is 16.4. The van der Waals surface area contributed by atoms with Crippen LogP contribution in [0.5, 0.6) is 5.75 Å². The lowest BCUT2D eigenvalue weighted by Gasteiger charge is -2.01. The number of aryl methyl sites for hydroxylation is 1. The molecule has 2 aromatic carbocycles. The molecular formula is C26H28O. The van der Waals surface area contributed by atoms with Gasteiger partial charge >= 0.3 is 0 Å². The number of ether oxygens (including phenoxy) is 1. The van der Waals surface area contributed by atoms with Gasteiger partial charge in [-0.05, 0) is 73.9 Å². The molecule has 0 bridgehead atoms. The van der Waals surface area contributed by atoms with Gasteiger partial charge in [0.2, 0.25) is 0 Å². The van der Waals surface area contributed by atoms with E-state index in [0.717, 1.165) is 23.3 Å². The van der Waals surface area contributed by atoms with E-state index in [4.69, 9.17) is 4.74 Å². The zero-order chi connectivity index (χ0) is 19.2. The predicted octanol–water partition coefficient (Wildman–Crippen LogP) is 6.17. The number of allylic oxidation sites excluding steroid dienone is 2. The summed E-state index contributed by atoms with van der Waals surface area (Å²) in [5, 5.41) is 0. The summed E-state index contributed by atoms with van der Waals surface area (Å²) < 4.78 is 5.42. The minimum Gasteiger partial charge on any atom is -0.494 e.